The minimum Gasteiger partial charge on any atom is -0.278 e. The van der Waals surface area contributed by atoms with Crippen molar-refractivity contribution < 1.29 is 0 Å². The first-order valence-corrected chi connectivity index (χ1v) is 6.02. The van der Waals surface area contributed by atoms with E-state index < -0.39 is 0 Å². The van der Waals surface area contributed by atoms with Crippen LogP contribution >= 0.6 is 11.6 Å². The molecule has 0 amide bonds. The van der Waals surface area contributed by atoms with E-state index in [0.29, 0.717) is 0 Å². The highest BCUT2D eigenvalue weighted by atomic mass is 35.5. The smallest absolute Gasteiger partial charge is 0.0859 e. The molecule has 4 heteroatoms. The summed E-state index contributed by atoms with van der Waals surface area (Å²) in [4.78, 5) is 4.23. The second-order valence-electron chi connectivity index (χ2n) is 3.99. The molecule has 2 rings (SSSR count). The molecule has 0 aliphatic carbocycles. The fourth-order valence-electron chi connectivity index (χ4n) is 1.44. The van der Waals surface area contributed by atoms with E-state index in [1.165, 1.54) is 0 Å². The molecule has 0 saturated carbocycles. The van der Waals surface area contributed by atoms with Crippen molar-refractivity contribution in [1.82, 2.24) is 4.98 Å². The predicted octanol–water partition coefficient (Wildman–Crippen LogP) is 3.88. The number of benzene rings is 1. The monoisotopic (exact) mass is 259 g/mol. The highest BCUT2D eigenvalue weighted by molar-refractivity contribution is 6.31. The molecule has 0 spiro atoms. The van der Waals surface area contributed by atoms with Crippen LogP contribution in [0.4, 0.5) is 5.69 Å². The van der Waals surface area contributed by atoms with Crippen LogP contribution in [0, 0.1) is 6.92 Å². The summed E-state index contributed by atoms with van der Waals surface area (Å²) in [5.74, 6) is 0. The Labute approximate surface area is 112 Å². The number of aryl methyl sites for hydroxylation is 1. The quantitative estimate of drug-likeness (QED) is 0.671. The van der Waals surface area contributed by atoms with E-state index in [-0.39, 0.29) is 0 Å². The molecule has 0 unspecified atom stereocenters. The van der Waals surface area contributed by atoms with Crippen LogP contribution in [0.15, 0.2) is 47.7 Å². The second kappa shape index (κ2) is 5.65. The van der Waals surface area contributed by atoms with Gasteiger partial charge in [0.05, 0.1) is 17.1 Å². The van der Waals surface area contributed by atoms with Crippen molar-refractivity contribution in [1.29, 1.82) is 0 Å². The number of anilines is 1. The zero-order valence-corrected chi connectivity index (χ0v) is 11.1. The molecule has 92 valence electrons. The maximum atomic E-state index is 6.05. The summed E-state index contributed by atoms with van der Waals surface area (Å²) in [6.45, 7) is 3.87. The van der Waals surface area contributed by atoms with E-state index in [4.69, 9.17) is 11.6 Å². The van der Waals surface area contributed by atoms with Gasteiger partial charge in [0.15, 0.2) is 0 Å². The minimum absolute atomic E-state index is 0.727. The Morgan fingerprint density at radius 3 is 2.78 bits per heavy atom. The summed E-state index contributed by atoms with van der Waals surface area (Å²) in [6.07, 6.45) is 1.75. The maximum Gasteiger partial charge on any atom is 0.0859 e. The molecule has 0 aliphatic rings. The zero-order valence-electron chi connectivity index (χ0n) is 10.3. The average Bonchev–Trinajstić information content (AvgIpc) is 2.41. The summed E-state index contributed by atoms with van der Waals surface area (Å²) < 4.78 is 0. The molecule has 1 N–H and O–H groups in total. The molecule has 1 aromatic heterocycles. The van der Waals surface area contributed by atoms with Gasteiger partial charge in [0, 0.05) is 11.2 Å². The molecule has 1 aromatic carbocycles. The van der Waals surface area contributed by atoms with Crippen LogP contribution in [0.2, 0.25) is 5.02 Å². The highest BCUT2D eigenvalue weighted by Gasteiger charge is 1.99. The zero-order chi connectivity index (χ0) is 13.0. The fourth-order valence-corrected chi connectivity index (χ4v) is 1.63. The third kappa shape index (κ3) is 3.08. The van der Waals surface area contributed by atoms with E-state index in [0.717, 1.165) is 27.7 Å². The van der Waals surface area contributed by atoms with E-state index in [2.05, 4.69) is 15.5 Å². The molecule has 1 heterocycles. The summed E-state index contributed by atoms with van der Waals surface area (Å²) in [5, 5.41) is 5.01. The molecule has 0 fully saturated rings. The topological polar surface area (TPSA) is 37.3 Å². The van der Waals surface area contributed by atoms with E-state index in [1.54, 1.807) is 6.20 Å². The molecule has 0 aliphatic heterocycles. The number of aromatic nitrogens is 1. The van der Waals surface area contributed by atoms with Gasteiger partial charge in [-0.15, -0.1) is 0 Å². The van der Waals surface area contributed by atoms with Crippen molar-refractivity contribution in [2.45, 2.75) is 13.8 Å². The number of hydrogen-bond acceptors (Lipinski definition) is 3. The van der Waals surface area contributed by atoms with Crippen LogP contribution in [0.5, 0.6) is 0 Å². The Bertz CT molecular complexity index is 565. The summed E-state index contributed by atoms with van der Waals surface area (Å²) >= 11 is 6.05. The highest BCUT2D eigenvalue weighted by Crippen LogP contribution is 2.19. The van der Waals surface area contributed by atoms with E-state index in [1.807, 2.05) is 50.2 Å². The van der Waals surface area contributed by atoms with Crippen molar-refractivity contribution >= 4 is 23.0 Å². The lowest BCUT2D eigenvalue weighted by Crippen LogP contribution is -2.01. The van der Waals surface area contributed by atoms with Gasteiger partial charge in [0.25, 0.3) is 0 Å². The summed E-state index contributed by atoms with van der Waals surface area (Å²) in [7, 11) is 0. The minimum atomic E-state index is 0.727. The molecule has 3 nitrogen and oxygen atoms in total. The number of hydrazone groups is 1. The van der Waals surface area contributed by atoms with Gasteiger partial charge in [-0.05, 0) is 43.7 Å². The summed E-state index contributed by atoms with van der Waals surface area (Å²) in [6, 6.07) is 11.5. The summed E-state index contributed by atoms with van der Waals surface area (Å²) in [5.41, 5.74) is 6.56. The maximum absolute atomic E-state index is 6.05. The Morgan fingerprint density at radius 2 is 2.11 bits per heavy atom. The van der Waals surface area contributed by atoms with Crippen molar-refractivity contribution in [2.24, 2.45) is 5.10 Å². The lowest BCUT2D eigenvalue weighted by atomic mass is 10.2. The number of halogens is 1. The number of nitrogens with one attached hydrogen (secondary N) is 1. The molecular formula is C14H14ClN3. The van der Waals surface area contributed by atoms with Crippen molar-refractivity contribution in [3.8, 4) is 0 Å². The van der Waals surface area contributed by atoms with Gasteiger partial charge >= 0.3 is 0 Å². The molecule has 2 aromatic rings. The number of hydrogen-bond donors (Lipinski definition) is 1. The molecule has 0 atom stereocenters. The van der Waals surface area contributed by atoms with Gasteiger partial charge in [-0.3, -0.25) is 10.4 Å². The standard InChI is InChI=1S/C14H14ClN3/c1-10-6-7-12(9-13(10)15)18-17-11(2)14-5-3-4-8-16-14/h3-9,18H,1-2H3. The first kappa shape index (κ1) is 12.6. The van der Waals surface area contributed by atoms with Gasteiger partial charge in [-0.1, -0.05) is 23.7 Å². The molecule has 0 bridgehead atoms. The van der Waals surface area contributed by atoms with Gasteiger partial charge in [0.1, 0.15) is 0 Å². The van der Waals surface area contributed by atoms with Crippen molar-refractivity contribution in [2.75, 3.05) is 5.43 Å². The van der Waals surface area contributed by atoms with E-state index >= 15 is 0 Å². The van der Waals surface area contributed by atoms with Crippen LogP contribution in [0.3, 0.4) is 0 Å². The third-order valence-electron chi connectivity index (χ3n) is 2.56. The lowest BCUT2D eigenvalue weighted by molar-refractivity contribution is 1.25. The average molecular weight is 260 g/mol. The number of pyridine rings is 1. The van der Waals surface area contributed by atoms with Crippen LogP contribution in [-0.4, -0.2) is 10.7 Å². The SMILES string of the molecule is CC(=NNc1ccc(C)c(Cl)c1)c1ccccn1. The molecular weight excluding hydrogens is 246 g/mol. The van der Waals surface area contributed by atoms with Crippen LogP contribution in [-0.2, 0) is 0 Å². The molecule has 0 radical (unpaired) electrons. The Balaban J connectivity index is 2.13. The van der Waals surface area contributed by atoms with Gasteiger partial charge < -0.3 is 0 Å². The first-order chi connectivity index (χ1) is 8.66. The number of rotatable bonds is 3. The van der Waals surface area contributed by atoms with Crippen molar-refractivity contribution in [3.05, 3.63) is 58.9 Å². The van der Waals surface area contributed by atoms with Crippen LogP contribution < -0.4 is 5.43 Å². The number of nitrogens with zero attached hydrogens (tertiary/aromatic N) is 2. The molecule has 0 saturated heterocycles. The largest absolute Gasteiger partial charge is 0.278 e. The van der Waals surface area contributed by atoms with E-state index in [9.17, 15) is 0 Å². The van der Waals surface area contributed by atoms with Gasteiger partial charge in [0.2, 0.25) is 0 Å². The lowest BCUT2D eigenvalue weighted by Gasteiger charge is -2.04. The van der Waals surface area contributed by atoms with Crippen molar-refractivity contribution in [3.63, 3.8) is 0 Å². The second-order valence-corrected chi connectivity index (χ2v) is 4.40. The van der Waals surface area contributed by atoms with Crippen LogP contribution in [0.1, 0.15) is 18.2 Å². The first-order valence-electron chi connectivity index (χ1n) is 5.64. The fraction of sp³-hybridized carbons (Fsp3) is 0.143. The van der Waals surface area contributed by atoms with Gasteiger partial charge in [-0.2, -0.15) is 5.10 Å². The third-order valence-corrected chi connectivity index (χ3v) is 2.97. The Hall–Kier alpha value is -1.87. The normalized spacial score (nSPS) is 11.4. The Kier molecular flexibility index (Phi) is 3.95. The van der Waals surface area contributed by atoms with Gasteiger partial charge in [-0.25, -0.2) is 0 Å². The molecule has 18 heavy (non-hydrogen) atoms. The van der Waals surface area contributed by atoms with Crippen LogP contribution in [0.25, 0.3) is 0 Å². The predicted molar refractivity (Wildman–Crippen MR) is 76.3 cm³/mol. The Morgan fingerprint density at radius 1 is 1.28 bits per heavy atom.